The summed E-state index contributed by atoms with van der Waals surface area (Å²) in [5.74, 6) is -0.0324. The maximum Gasteiger partial charge on any atom is 0.305 e. The number of quaternary nitrogens is 1. The van der Waals surface area contributed by atoms with Crippen LogP contribution in [0.15, 0.2) is 0 Å². The molecule has 3 nitrogen and oxygen atoms in total. The van der Waals surface area contributed by atoms with Crippen molar-refractivity contribution in [2.75, 3.05) is 26.2 Å². The van der Waals surface area contributed by atoms with E-state index in [0.29, 0.717) is 13.0 Å². The van der Waals surface area contributed by atoms with Gasteiger partial charge in [0.15, 0.2) is 0 Å². The van der Waals surface area contributed by atoms with Crippen molar-refractivity contribution in [3.05, 3.63) is 0 Å². The molecule has 0 aliphatic rings. The van der Waals surface area contributed by atoms with E-state index in [1.165, 1.54) is 4.90 Å². The summed E-state index contributed by atoms with van der Waals surface area (Å²) in [6.45, 7) is 10.2. The maximum atomic E-state index is 11.2. The van der Waals surface area contributed by atoms with Crippen LogP contribution < -0.4 is 4.90 Å². The van der Waals surface area contributed by atoms with Gasteiger partial charge in [-0.2, -0.15) is 0 Å². The molecule has 0 aliphatic heterocycles. The Balaban J connectivity index is 3.37. The van der Waals surface area contributed by atoms with Crippen molar-refractivity contribution in [2.24, 2.45) is 0 Å². The number of likely N-dealkylation sites (N-methyl/N-ethyl adjacent to an activating group) is 1. The first kappa shape index (κ1) is 14.4. The van der Waals surface area contributed by atoms with E-state index in [1.54, 1.807) is 0 Å². The van der Waals surface area contributed by atoms with Crippen LogP contribution in [0.3, 0.4) is 0 Å². The molecule has 0 fully saturated rings. The lowest BCUT2D eigenvalue weighted by Gasteiger charge is -2.14. The molecule has 0 aromatic heterocycles. The van der Waals surface area contributed by atoms with Gasteiger partial charge in [0.25, 0.3) is 0 Å². The van der Waals surface area contributed by atoms with Crippen LogP contribution in [0.4, 0.5) is 0 Å². The van der Waals surface area contributed by atoms with Crippen LogP contribution in [-0.4, -0.2) is 32.2 Å². The zero-order valence-corrected chi connectivity index (χ0v) is 10.5. The molecule has 0 unspecified atom stereocenters. The second-order valence-corrected chi connectivity index (χ2v) is 3.88. The predicted molar refractivity (Wildman–Crippen MR) is 62.0 cm³/mol. The standard InChI is InChI=1S/C12H25NO2/c1-4-7-8-9-12(14)15-11-10-13(5-2)6-3/h4-11H2,1-3H3/p+1. The summed E-state index contributed by atoms with van der Waals surface area (Å²) in [5, 5.41) is 0. The van der Waals surface area contributed by atoms with Gasteiger partial charge in [-0.3, -0.25) is 4.79 Å². The number of nitrogens with one attached hydrogen (secondary N) is 1. The van der Waals surface area contributed by atoms with E-state index in [4.69, 9.17) is 4.74 Å². The van der Waals surface area contributed by atoms with Crippen LogP contribution >= 0.6 is 0 Å². The lowest BCUT2D eigenvalue weighted by Crippen LogP contribution is -3.11. The molecule has 1 N–H and O–H groups in total. The number of unbranched alkanes of at least 4 members (excludes halogenated alkanes) is 2. The molecular weight excluding hydrogens is 190 g/mol. The van der Waals surface area contributed by atoms with Gasteiger partial charge in [-0.1, -0.05) is 19.8 Å². The number of carbonyl (C=O) groups excluding carboxylic acids is 1. The van der Waals surface area contributed by atoms with Gasteiger partial charge in [-0.05, 0) is 20.3 Å². The average Bonchev–Trinajstić information content (AvgIpc) is 2.25. The Hall–Kier alpha value is -0.570. The van der Waals surface area contributed by atoms with Crippen LogP contribution in [0.2, 0.25) is 0 Å². The zero-order valence-electron chi connectivity index (χ0n) is 10.5. The van der Waals surface area contributed by atoms with Crippen molar-refractivity contribution in [2.45, 2.75) is 46.5 Å². The van der Waals surface area contributed by atoms with E-state index in [-0.39, 0.29) is 5.97 Å². The predicted octanol–water partition coefficient (Wildman–Crippen LogP) is 1.03. The molecule has 0 heterocycles. The molecule has 0 saturated heterocycles. The SMILES string of the molecule is CCCCCC(=O)OCC[NH+](CC)CC. The van der Waals surface area contributed by atoms with E-state index in [2.05, 4.69) is 20.8 Å². The first-order valence-electron chi connectivity index (χ1n) is 6.23. The second-order valence-electron chi connectivity index (χ2n) is 3.88. The van der Waals surface area contributed by atoms with E-state index >= 15 is 0 Å². The van der Waals surface area contributed by atoms with Crippen LogP contribution in [0, 0.1) is 0 Å². The first-order valence-corrected chi connectivity index (χ1v) is 6.23. The number of hydrogen-bond acceptors (Lipinski definition) is 2. The van der Waals surface area contributed by atoms with Gasteiger partial charge in [0.05, 0.1) is 13.1 Å². The summed E-state index contributed by atoms with van der Waals surface area (Å²) in [6.07, 6.45) is 3.82. The van der Waals surface area contributed by atoms with Crippen molar-refractivity contribution >= 4 is 5.97 Å². The minimum atomic E-state index is -0.0324. The van der Waals surface area contributed by atoms with Gasteiger partial charge in [0, 0.05) is 6.42 Å². The fourth-order valence-electron chi connectivity index (χ4n) is 1.50. The Kier molecular flexibility index (Phi) is 9.59. The third kappa shape index (κ3) is 8.43. The van der Waals surface area contributed by atoms with Gasteiger partial charge in [0.1, 0.15) is 13.2 Å². The monoisotopic (exact) mass is 216 g/mol. The number of hydrogen-bond donors (Lipinski definition) is 1. The topological polar surface area (TPSA) is 30.7 Å². The Morgan fingerprint density at radius 3 is 2.33 bits per heavy atom. The van der Waals surface area contributed by atoms with Gasteiger partial charge in [-0.25, -0.2) is 0 Å². The Morgan fingerprint density at radius 2 is 1.80 bits per heavy atom. The summed E-state index contributed by atoms with van der Waals surface area (Å²) in [7, 11) is 0. The molecule has 3 heteroatoms. The molecule has 0 bridgehead atoms. The second kappa shape index (κ2) is 9.97. The molecule has 0 saturated carbocycles. The lowest BCUT2D eigenvalue weighted by molar-refractivity contribution is -0.896. The van der Waals surface area contributed by atoms with Crippen molar-refractivity contribution < 1.29 is 14.4 Å². The fourth-order valence-corrected chi connectivity index (χ4v) is 1.50. The van der Waals surface area contributed by atoms with E-state index in [0.717, 1.165) is 38.9 Å². The van der Waals surface area contributed by atoms with Crippen molar-refractivity contribution in [1.29, 1.82) is 0 Å². The average molecular weight is 216 g/mol. The highest BCUT2D eigenvalue weighted by Crippen LogP contribution is 1.99. The van der Waals surface area contributed by atoms with Crippen LogP contribution in [0.25, 0.3) is 0 Å². The molecule has 0 aromatic rings. The van der Waals surface area contributed by atoms with Crippen molar-refractivity contribution in [3.8, 4) is 0 Å². The fraction of sp³-hybridized carbons (Fsp3) is 0.917. The molecule has 0 aromatic carbocycles. The van der Waals surface area contributed by atoms with E-state index < -0.39 is 0 Å². The summed E-state index contributed by atoms with van der Waals surface area (Å²) >= 11 is 0. The maximum absolute atomic E-state index is 11.2. The molecule has 0 atom stereocenters. The number of rotatable bonds is 9. The smallest absolute Gasteiger partial charge is 0.305 e. The zero-order chi connectivity index (χ0) is 11.5. The molecule has 0 rings (SSSR count). The van der Waals surface area contributed by atoms with Gasteiger partial charge >= 0.3 is 5.97 Å². The highest BCUT2D eigenvalue weighted by molar-refractivity contribution is 5.69. The summed E-state index contributed by atoms with van der Waals surface area (Å²) in [5.41, 5.74) is 0. The lowest BCUT2D eigenvalue weighted by atomic mass is 10.2. The number of esters is 1. The Labute approximate surface area is 93.8 Å². The molecule has 0 spiro atoms. The Morgan fingerprint density at radius 1 is 1.13 bits per heavy atom. The van der Waals surface area contributed by atoms with Gasteiger partial charge in [-0.15, -0.1) is 0 Å². The van der Waals surface area contributed by atoms with Gasteiger partial charge in [0.2, 0.25) is 0 Å². The molecule has 0 radical (unpaired) electrons. The normalized spacial score (nSPS) is 10.7. The van der Waals surface area contributed by atoms with E-state index in [9.17, 15) is 4.79 Å². The largest absolute Gasteiger partial charge is 0.460 e. The van der Waals surface area contributed by atoms with Gasteiger partial charge < -0.3 is 9.64 Å². The van der Waals surface area contributed by atoms with Crippen molar-refractivity contribution in [3.63, 3.8) is 0 Å². The third-order valence-corrected chi connectivity index (χ3v) is 2.70. The molecule has 0 aliphatic carbocycles. The number of ether oxygens (including phenoxy) is 1. The minimum Gasteiger partial charge on any atom is -0.460 e. The minimum absolute atomic E-state index is 0.0324. The quantitative estimate of drug-likeness (QED) is 0.461. The summed E-state index contributed by atoms with van der Waals surface area (Å²) < 4.78 is 5.16. The van der Waals surface area contributed by atoms with Crippen LogP contribution in [0.5, 0.6) is 0 Å². The van der Waals surface area contributed by atoms with E-state index in [1.807, 2.05) is 0 Å². The molecule has 0 amide bonds. The highest BCUT2D eigenvalue weighted by atomic mass is 16.5. The summed E-state index contributed by atoms with van der Waals surface area (Å²) in [6, 6.07) is 0. The summed E-state index contributed by atoms with van der Waals surface area (Å²) in [4.78, 5) is 12.7. The molecule has 15 heavy (non-hydrogen) atoms. The first-order chi connectivity index (χ1) is 7.24. The molecular formula is C12H26NO2+. The third-order valence-electron chi connectivity index (χ3n) is 2.70. The van der Waals surface area contributed by atoms with Crippen LogP contribution in [-0.2, 0) is 9.53 Å². The molecule has 90 valence electrons. The van der Waals surface area contributed by atoms with Crippen LogP contribution in [0.1, 0.15) is 46.5 Å². The highest BCUT2D eigenvalue weighted by Gasteiger charge is 2.05. The number of carbonyl (C=O) groups is 1. The van der Waals surface area contributed by atoms with Crippen molar-refractivity contribution in [1.82, 2.24) is 0 Å². The Bertz CT molecular complexity index is 156.